The van der Waals surface area contributed by atoms with Gasteiger partial charge in [0.25, 0.3) is 5.89 Å². The van der Waals surface area contributed by atoms with Crippen molar-refractivity contribution >= 4 is 28.9 Å². The average Bonchev–Trinajstić information content (AvgIpc) is 2.58. The summed E-state index contributed by atoms with van der Waals surface area (Å²) in [5.74, 6) is 0.871. The van der Waals surface area contributed by atoms with Crippen LogP contribution in [0.2, 0.25) is 0 Å². The second kappa shape index (κ2) is 3.67. The first-order valence-corrected chi connectivity index (χ1v) is 3.93. The van der Waals surface area contributed by atoms with E-state index in [1.165, 1.54) is 0 Å². The van der Waals surface area contributed by atoms with Gasteiger partial charge in [0.1, 0.15) is 5.00 Å². The fourth-order valence-corrected chi connectivity index (χ4v) is 1.16. The molecule has 0 saturated carbocycles. The largest absolute Gasteiger partial charge is 0.387 e. The van der Waals surface area contributed by atoms with E-state index >= 15 is 0 Å². The van der Waals surface area contributed by atoms with Crippen molar-refractivity contribution in [1.82, 2.24) is 19.7 Å². The van der Waals surface area contributed by atoms with Crippen LogP contribution < -0.4 is 5.73 Å². The van der Waals surface area contributed by atoms with Gasteiger partial charge in [-0.25, -0.2) is 0 Å². The van der Waals surface area contributed by atoms with Gasteiger partial charge in [0.2, 0.25) is 0 Å². The molecular formula is C5H6ClN5OS. The highest BCUT2D eigenvalue weighted by Crippen LogP contribution is 2.23. The Bertz CT molecular complexity index is 399. The Hall–Kier alpha value is -1.21. The Morgan fingerprint density at radius 2 is 2.23 bits per heavy atom. The molecule has 0 aromatic carbocycles. The molecule has 0 aliphatic rings. The molecule has 2 aromatic heterocycles. The molecule has 0 unspecified atom stereocenters. The minimum absolute atomic E-state index is 0. The van der Waals surface area contributed by atoms with Gasteiger partial charge in [0.15, 0.2) is 11.5 Å². The predicted molar refractivity (Wildman–Crippen MR) is 49.6 cm³/mol. The lowest BCUT2D eigenvalue weighted by Gasteiger charge is -1.84. The molecule has 0 radical (unpaired) electrons. The van der Waals surface area contributed by atoms with Crippen LogP contribution in [0.25, 0.3) is 11.6 Å². The summed E-state index contributed by atoms with van der Waals surface area (Å²) in [6.07, 6.45) is 0. The molecule has 2 rings (SSSR count). The molecule has 2 heterocycles. The van der Waals surface area contributed by atoms with Crippen LogP contribution >= 0.6 is 23.9 Å². The normalized spacial score (nSPS) is 9.62. The molecule has 2 aromatic rings. The summed E-state index contributed by atoms with van der Waals surface area (Å²) in [6.45, 7) is 1.73. The molecule has 6 nitrogen and oxygen atoms in total. The lowest BCUT2D eigenvalue weighted by atomic mass is 10.5. The van der Waals surface area contributed by atoms with E-state index in [1.807, 2.05) is 0 Å². The van der Waals surface area contributed by atoms with Crippen LogP contribution in [-0.2, 0) is 0 Å². The smallest absolute Gasteiger partial charge is 0.281 e. The number of halogens is 1. The first kappa shape index (κ1) is 9.87. The topological polar surface area (TPSA) is 90.7 Å². The molecule has 2 N–H and O–H groups in total. The van der Waals surface area contributed by atoms with Gasteiger partial charge in [0, 0.05) is 11.5 Å². The highest BCUT2D eigenvalue weighted by atomic mass is 35.5. The van der Waals surface area contributed by atoms with Crippen molar-refractivity contribution in [2.24, 2.45) is 0 Å². The predicted octanol–water partition coefficient (Wildman–Crippen LogP) is 0.901. The van der Waals surface area contributed by atoms with Crippen LogP contribution in [0, 0.1) is 6.92 Å². The SMILES string of the molecule is Cc1noc(-c2nnsc2N)n1.Cl. The van der Waals surface area contributed by atoms with E-state index < -0.39 is 0 Å². The molecular weight excluding hydrogens is 214 g/mol. The van der Waals surface area contributed by atoms with Crippen molar-refractivity contribution in [2.75, 3.05) is 5.73 Å². The van der Waals surface area contributed by atoms with Gasteiger partial charge in [-0.1, -0.05) is 9.64 Å². The number of hydrogen-bond acceptors (Lipinski definition) is 7. The number of aryl methyl sites for hydroxylation is 1. The molecule has 0 bridgehead atoms. The van der Waals surface area contributed by atoms with Crippen molar-refractivity contribution in [1.29, 1.82) is 0 Å². The van der Waals surface area contributed by atoms with E-state index in [-0.39, 0.29) is 12.4 Å². The summed E-state index contributed by atoms with van der Waals surface area (Å²) >= 11 is 1.10. The van der Waals surface area contributed by atoms with Crippen molar-refractivity contribution < 1.29 is 4.52 Å². The number of aromatic nitrogens is 4. The summed E-state index contributed by atoms with van der Waals surface area (Å²) in [5, 5.41) is 7.84. The summed E-state index contributed by atoms with van der Waals surface area (Å²) < 4.78 is 8.50. The maximum Gasteiger partial charge on any atom is 0.281 e. The average molecular weight is 220 g/mol. The van der Waals surface area contributed by atoms with Crippen LogP contribution in [0.5, 0.6) is 0 Å². The maximum absolute atomic E-state index is 5.55. The fraction of sp³-hybridized carbons (Fsp3) is 0.200. The Balaban J connectivity index is 0.000000845. The molecule has 0 fully saturated rings. The zero-order valence-electron chi connectivity index (χ0n) is 6.59. The van der Waals surface area contributed by atoms with Gasteiger partial charge in [-0.3, -0.25) is 0 Å². The van der Waals surface area contributed by atoms with Gasteiger partial charge < -0.3 is 10.3 Å². The van der Waals surface area contributed by atoms with Gasteiger partial charge in [-0.2, -0.15) is 4.98 Å². The Kier molecular flexibility index (Phi) is 2.79. The number of rotatable bonds is 1. The zero-order valence-corrected chi connectivity index (χ0v) is 8.22. The van der Waals surface area contributed by atoms with E-state index in [1.54, 1.807) is 6.92 Å². The first-order valence-electron chi connectivity index (χ1n) is 3.16. The molecule has 0 aliphatic heterocycles. The Labute approximate surface area is 83.7 Å². The van der Waals surface area contributed by atoms with E-state index in [4.69, 9.17) is 10.3 Å². The van der Waals surface area contributed by atoms with Crippen LogP contribution in [0.1, 0.15) is 5.82 Å². The van der Waals surface area contributed by atoms with Crippen molar-refractivity contribution in [3.05, 3.63) is 5.82 Å². The quantitative estimate of drug-likeness (QED) is 0.766. The van der Waals surface area contributed by atoms with Gasteiger partial charge in [-0.15, -0.1) is 17.5 Å². The van der Waals surface area contributed by atoms with E-state index in [0.29, 0.717) is 22.4 Å². The minimum atomic E-state index is 0. The number of hydrogen-bond donors (Lipinski definition) is 1. The third-order valence-electron chi connectivity index (χ3n) is 1.24. The monoisotopic (exact) mass is 219 g/mol. The third kappa shape index (κ3) is 1.76. The fourth-order valence-electron chi connectivity index (χ4n) is 0.739. The molecule has 0 saturated heterocycles. The Morgan fingerprint density at radius 3 is 2.69 bits per heavy atom. The second-order valence-electron chi connectivity index (χ2n) is 2.13. The van der Waals surface area contributed by atoms with Crippen molar-refractivity contribution in [3.8, 4) is 11.6 Å². The standard InChI is InChI=1S/C5H5N5OS.ClH/c1-2-7-5(11-9-2)3-4(6)12-10-8-3;/h6H2,1H3;1H. The van der Waals surface area contributed by atoms with Gasteiger partial charge in [-0.05, 0) is 6.92 Å². The van der Waals surface area contributed by atoms with Gasteiger partial charge >= 0.3 is 0 Å². The highest BCUT2D eigenvalue weighted by molar-refractivity contribution is 7.10. The molecule has 13 heavy (non-hydrogen) atoms. The Morgan fingerprint density at radius 1 is 1.46 bits per heavy atom. The summed E-state index contributed by atoms with van der Waals surface area (Å²) in [5.41, 5.74) is 6.01. The molecule has 0 aliphatic carbocycles. The molecule has 0 atom stereocenters. The zero-order chi connectivity index (χ0) is 8.55. The third-order valence-corrected chi connectivity index (χ3v) is 1.80. The number of anilines is 1. The van der Waals surface area contributed by atoms with E-state index in [2.05, 4.69) is 19.7 Å². The minimum Gasteiger partial charge on any atom is -0.387 e. The van der Waals surface area contributed by atoms with E-state index in [0.717, 1.165) is 11.5 Å². The maximum atomic E-state index is 5.55. The molecule has 70 valence electrons. The molecule has 8 heteroatoms. The van der Waals surface area contributed by atoms with E-state index in [9.17, 15) is 0 Å². The van der Waals surface area contributed by atoms with Crippen LogP contribution in [-0.4, -0.2) is 19.7 Å². The summed E-state index contributed by atoms with van der Waals surface area (Å²) in [7, 11) is 0. The highest BCUT2D eigenvalue weighted by Gasteiger charge is 2.13. The van der Waals surface area contributed by atoms with Crippen LogP contribution in [0.3, 0.4) is 0 Å². The first-order chi connectivity index (χ1) is 5.77. The summed E-state index contributed by atoms with van der Waals surface area (Å²) in [6, 6.07) is 0. The number of nitrogens with two attached hydrogens (primary N) is 1. The second-order valence-corrected chi connectivity index (χ2v) is 2.92. The lowest BCUT2D eigenvalue weighted by molar-refractivity contribution is 0.424. The van der Waals surface area contributed by atoms with Crippen molar-refractivity contribution in [2.45, 2.75) is 6.92 Å². The number of nitrogens with zero attached hydrogens (tertiary/aromatic N) is 4. The number of nitrogen functional groups attached to an aromatic ring is 1. The van der Waals surface area contributed by atoms with Crippen molar-refractivity contribution in [3.63, 3.8) is 0 Å². The van der Waals surface area contributed by atoms with Crippen LogP contribution in [0.4, 0.5) is 5.00 Å². The summed E-state index contributed by atoms with van der Waals surface area (Å²) in [4.78, 5) is 3.96. The van der Waals surface area contributed by atoms with Crippen LogP contribution in [0.15, 0.2) is 4.52 Å². The molecule has 0 amide bonds. The molecule has 0 spiro atoms. The lowest BCUT2D eigenvalue weighted by Crippen LogP contribution is -1.85. The van der Waals surface area contributed by atoms with Gasteiger partial charge in [0.05, 0.1) is 0 Å².